The molecule has 1 heterocycles. The molecular weight excluding hydrogens is 400 g/mol. The Morgan fingerprint density at radius 3 is 2.00 bits per heavy atom. The average Bonchev–Trinajstić information content (AvgIpc) is 3.09. The molecule has 0 bridgehead atoms. The van der Waals surface area contributed by atoms with Gasteiger partial charge in [0.05, 0.1) is 17.9 Å². The Hall–Kier alpha value is -3.86. The van der Waals surface area contributed by atoms with E-state index in [0.29, 0.717) is 35.7 Å². The summed E-state index contributed by atoms with van der Waals surface area (Å²) < 4.78 is 5.69. The maximum atomic E-state index is 13.7. The first-order chi connectivity index (χ1) is 15.7. The first-order valence-corrected chi connectivity index (χ1v) is 10.9. The molecule has 4 rings (SSSR count). The van der Waals surface area contributed by atoms with E-state index in [-0.39, 0.29) is 11.8 Å². The number of carbonyl (C=O) groups excluding carboxylic acids is 2. The average molecular weight is 427 g/mol. The van der Waals surface area contributed by atoms with Gasteiger partial charge >= 0.3 is 0 Å². The number of nitrogens with zero attached hydrogens (tertiary/aromatic N) is 2. The molecular formula is C27H26N2O3. The van der Waals surface area contributed by atoms with Gasteiger partial charge in [-0.25, -0.2) is 4.90 Å². The Morgan fingerprint density at radius 1 is 0.781 bits per heavy atom. The molecule has 0 saturated carbocycles. The van der Waals surface area contributed by atoms with Crippen LogP contribution in [0.1, 0.15) is 25.8 Å². The lowest BCUT2D eigenvalue weighted by molar-refractivity contribution is -0.120. The van der Waals surface area contributed by atoms with Gasteiger partial charge in [0.25, 0.3) is 11.8 Å². The summed E-state index contributed by atoms with van der Waals surface area (Å²) in [4.78, 5) is 30.5. The fourth-order valence-electron chi connectivity index (χ4n) is 3.86. The molecule has 0 atom stereocenters. The minimum atomic E-state index is -0.326. The van der Waals surface area contributed by atoms with E-state index in [0.717, 1.165) is 17.9 Å². The predicted octanol–water partition coefficient (Wildman–Crippen LogP) is 5.29. The van der Waals surface area contributed by atoms with Crippen molar-refractivity contribution in [3.8, 4) is 5.75 Å². The molecule has 0 aromatic heterocycles. The van der Waals surface area contributed by atoms with Gasteiger partial charge in [-0.2, -0.15) is 0 Å². The van der Waals surface area contributed by atoms with Gasteiger partial charge in [-0.3, -0.25) is 9.59 Å². The maximum absolute atomic E-state index is 13.7. The molecule has 0 spiro atoms. The van der Waals surface area contributed by atoms with Gasteiger partial charge in [-0.15, -0.1) is 0 Å². The summed E-state index contributed by atoms with van der Waals surface area (Å²) in [6.07, 6.45) is 0.915. The standard InChI is InChI=1S/C27H26N2O3/c1-3-19-32-23-17-15-20(16-18-23)24-25(28(4-2)21-11-7-5-8-12-21)27(31)29(26(24)30)22-13-9-6-10-14-22/h5-18H,3-4,19H2,1-2H3. The molecule has 0 aliphatic carbocycles. The maximum Gasteiger partial charge on any atom is 0.282 e. The highest BCUT2D eigenvalue weighted by atomic mass is 16.5. The molecule has 3 aromatic carbocycles. The number of hydrogen-bond donors (Lipinski definition) is 0. The Labute approximate surface area is 188 Å². The highest BCUT2D eigenvalue weighted by molar-refractivity contribution is 6.46. The van der Waals surface area contributed by atoms with Gasteiger partial charge in [0.1, 0.15) is 11.4 Å². The summed E-state index contributed by atoms with van der Waals surface area (Å²) in [7, 11) is 0. The summed E-state index contributed by atoms with van der Waals surface area (Å²) >= 11 is 0. The van der Waals surface area contributed by atoms with Crippen molar-refractivity contribution in [2.75, 3.05) is 23.0 Å². The summed E-state index contributed by atoms with van der Waals surface area (Å²) in [5.74, 6) is 0.0888. The van der Waals surface area contributed by atoms with Crippen LogP contribution in [0.25, 0.3) is 5.57 Å². The van der Waals surface area contributed by atoms with Crippen molar-refractivity contribution < 1.29 is 14.3 Å². The lowest BCUT2D eigenvalue weighted by Gasteiger charge is -2.25. The number of amides is 2. The van der Waals surface area contributed by atoms with E-state index in [2.05, 4.69) is 6.92 Å². The van der Waals surface area contributed by atoms with Gasteiger partial charge in [-0.1, -0.05) is 55.5 Å². The second-order valence-corrected chi connectivity index (χ2v) is 7.46. The first kappa shape index (κ1) is 21.4. The molecule has 0 fully saturated rings. The number of anilines is 2. The van der Waals surface area contributed by atoms with Gasteiger partial charge in [0, 0.05) is 12.2 Å². The van der Waals surface area contributed by atoms with Crippen molar-refractivity contribution >= 4 is 28.8 Å². The Bertz CT molecular complexity index is 1120. The Balaban J connectivity index is 1.83. The molecule has 0 radical (unpaired) electrons. The van der Waals surface area contributed by atoms with Crippen LogP contribution in [0.2, 0.25) is 0 Å². The van der Waals surface area contributed by atoms with Crippen LogP contribution >= 0.6 is 0 Å². The number of ether oxygens (including phenoxy) is 1. The molecule has 5 nitrogen and oxygen atoms in total. The molecule has 32 heavy (non-hydrogen) atoms. The fourth-order valence-corrected chi connectivity index (χ4v) is 3.86. The highest BCUT2D eigenvalue weighted by Gasteiger charge is 2.42. The van der Waals surface area contributed by atoms with E-state index in [4.69, 9.17) is 4.74 Å². The van der Waals surface area contributed by atoms with Crippen molar-refractivity contribution in [2.45, 2.75) is 20.3 Å². The van der Waals surface area contributed by atoms with Crippen LogP contribution in [0.15, 0.2) is 90.6 Å². The van der Waals surface area contributed by atoms with Gasteiger partial charge in [0.2, 0.25) is 0 Å². The number of para-hydroxylation sites is 2. The number of carbonyl (C=O) groups is 2. The normalized spacial score (nSPS) is 13.6. The van der Waals surface area contributed by atoms with Crippen LogP contribution in [0, 0.1) is 0 Å². The molecule has 162 valence electrons. The number of likely N-dealkylation sites (N-methyl/N-ethyl adjacent to an activating group) is 1. The first-order valence-electron chi connectivity index (χ1n) is 10.9. The van der Waals surface area contributed by atoms with Crippen LogP contribution < -0.4 is 14.5 Å². The zero-order valence-electron chi connectivity index (χ0n) is 18.3. The van der Waals surface area contributed by atoms with Gasteiger partial charge in [-0.05, 0) is 55.3 Å². The van der Waals surface area contributed by atoms with Crippen molar-refractivity contribution in [1.82, 2.24) is 0 Å². The molecule has 2 amide bonds. The minimum absolute atomic E-state index is 0.326. The largest absolute Gasteiger partial charge is 0.494 e. The third kappa shape index (κ3) is 4.02. The summed E-state index contributed by atoms with van der Waals surface area (Å²) in [6.45, 7) is 5.20. The van der Waals surface area contributed by atoms with Crippen LogP contribution in [-0.4, -0.2) is 25.0 Å². The monoisotopic (exact) mass is 426 g/mol. The van der Waals surface area contributed by atoms with Gasteiger partial charge in [0.15, 0.2) is 0 Å². The van der Waals surface area contributed by atoms with E-state index in [9.17, 15) is 9.59 Å². The molecule has 1 aliphatic rings. The van der Waals surface area contributed by atoms with E-state index >= 15 is 0 Å². The van der Waals surface area contributed by atoms with Gasteiger partial charge < -0.3 is 9.64 Å². The van der Waals surface area contributed by atoms with E-state index in [1.54, 1.807) is 12.1 Å². The number of benzene rings is 3. The van der Waals surface area contributed by atoms with Crippen molar-refractivity contribution in [1.29, 1.82) is 0 Å². The van der Waals surface area contributed by atoms with Crippen molar-refractivity contribution in [3.63, 3.8) is 0 Å². The minimum Gasteiger partial charge on any atom is -0.494 e. The number of imide groups is 1. The SMILES string of the molecule is CCCOc1ccc(C2=C(N(CC)c3ccccc3)C(=O)N(c3ccccc3)C2=O)cc1. The highest BCUT2D eigenvalue weighted by Crippen LogP contribution is 2.37. The predicted molar refractivity (Wildman–Crippen MR) is 128 cm³/mol. The molecule has 1 aliphatic heterocycles. The zero-order valence-corrected chi connectivity index (χ0v) is 18.3. The van der Waals surface area contributed by atoms with Crippen LogP contribution in [0.3, 0.4) is 0 Å². The second kappa shape index (κ2) is 9.52. The molecule has 5 heteroatoms. The lowest BCUT2D eigenvalue weighted by Crippen LogP contribution is -2.35. The Morgan fingerprint density at radius 2 is 1.41 bits per heavy atom. The Kier molecular flexibility index (Phi) is 6.36. The summed E-state index contributed by atoms with van der Waals surface area (Å²) in [5, 5.41) is 0. The number of hydrogen-bond acceptors (Lipinski definition) is 4. The smallest absolute Gasteiger partial charge is 0.282 e. The molecule has 0 saturated heterocycles. The third-order valence-corrected chi connectivity index (χ3v) is 5.34. The fraction of sp³-hybridized carbons (Fsp3) is 0.185. The number of rotatable bonds is 8. The quantitative estimate of drug-likeness (QED) is 0.460. The lowest BCUT2D eigenvalue weighted by atomic mass is 10.0. The summed E-state index contributed by atoms with van der Waals surface area (Å²) in [5.41, 5.74) is 2.89. The van der Waals surface area contributed by atoms with Crippen molar-refractivity contribution in [2.24, 2.45) is 0 Å². The van der Waals surface area contributed by atoms with Crippen molar-refractivity contribution in [3.05, 3.63) is 96.2 Å². The van der Waals surface area contributed by atoms with E-state index in [1.807, 2.05) is 84.6 Å². The molecule has 3 aromatic rings. The molecule has 0 unspecified atom stereocenters. The zero-order chi connectivity index (χ0) is 22.5. The third-order valence-electron chi connectivity index (χ3n) is 5.34. The van der Waals surface area contributed by atoms with E-state index in [1.165, 1.54) is 4.90 Å². The van der Waals surface area contributed by atoms with Crippen LogP contribution in [0.5, 0.6) is 5.75 Å². The van der Waals surface area contributed by atoms with Crippen LogP contribution in [0.4, 0.5) is 11.4 Å². The topological polar surface area (TPSA) is 49.9 Å². The second-order valence-electron chi connectivity index (χ2n) is 7.46. The van der Waals surface area contributed by atoms with E-state index < -0.39 is 0 Å². The molecule has 0 N–H and O–H groups in total. The summed E-state index contributed by atoms with van der Waals surface area (Å²) in [6, 6.07) is 26.1. The van der Waals surface area contributed by atoms with Crippen LogP contribution in [-0.2, 0) is 9.59 Å².